The molecular formula is C15H17BrN2OS. The highest BCUT2D eigenvalue weighted by atomic mass is 79.9. The summed E-state index contributed by atoms with van der Waals surface area (Å²) in [6.45, 7) is 0.774. The van der Waals surface area contributed by atoms with Crippen molar-refractivity contribution in [2.24, 2.45) is 5.92 Å². The zero-order chi connectivity index (χ0) is 14.1. The van der Waals surface area contributed by atoms with Gasteiger partial charge in [0.25, 0.3) is 5.91 Å². The molecule has 1 amide bonds. The number of thiophene rings is 1. The van der Waals surface area contributed by atoms with Gasteiger partial charge in [-0.2, -0.15) is 0 Å². The lowest BCUT2D eigenvalue weighted by Gasteiger charge is -2.09. The van der Waals surface area contributed by atoms with E-state index in [0.717, 1.165) is 21.1 Å². The van der Waals surface area contributed by atoms with Crippen LogP contribution in [0.3, 0.4) is 0 Å². The third-order valence-electron chi connectivity index (χ3n) is 3.92. The first-order chi connectivity index (χ1) is 9.65. The Morgan fingerprint density at radius 1 is 1.40 bits per heavy atom. The Morgan fingerprint density at radius 3 is 2.90 bits per heavy atom. The maximum atomic E-state index is 12.3. The van der Waals surface area contributed by atoms with Crippen LogP contribution in [-0.2, 0) is 0 Å². The van der Waals surface area contributed by atoms with Crippen LogP contribution in [0.1, 0.15) is 35.4 Å². The van der Waals surface area contributed by atoms with Gasteiger partial charge in [0, 0.05) is 21.1 Å². The number of carbonyl (C=O) groups is 1. The van der Waals surface area contributed by atoms with Crippen LogP contribution in [-0.4, -0.2) is 12.5 Å². The van der Waals surface area contributed by atoms with Gasteiger partial charge in [0.05, 0.1) is 5.69 Å². The standard InChI is InChI=1S/C15H17BrN2OS/c16-10-5-6-11-12(7-10)20-14(13(11)17)15(19)18-8-9-3-1-2-4-9/h5-7,9H,1-4,8,17H2,(H,18,19). The van der Waals surface area contributed by atoms with Crippen molar-refractivity contribution in [3.05, 3.63) is 27.5 Å². The van der Waals surface area contributed by atoms with E-state index >= 15 is 0 Å². The van der Waals surface area contributed by atoms with Crippen molar-refractivity contribution >= 4 is 48.9 Å². The fourth-order valence-corrected chi connectivity index (χ4v) is 4.38. The van der Waals surface area contributed by atoms with Crippen LogP contribution in [0.15, 0.2) is 22.7 Å². The summed E-state index contributed by atoms with van der Waals surface area (Å²) in [6.07, 6.45) is 5.05. The van der Waals surface area contributed by atoms with Gasteiger partial charge in [0.15, 0.2) is 0 Å². The fraction of sp³-hybridized carbons (Fsp3) is 0.400. The van der Waals surface area contributed by atoms with E-state index in [9.17, 15) is 4.79 Å². The number of anilines is 1. The summed E-state index contributed by atoms with van der Waals surface area (Å²) in [4.78, 5) is 12.9. The summed E-state index contributed by atoms with van der Waals surface area (Å²) in [6, 6.07) is 5.91. The number of halogens is 1. The first kappa shape index (κ1) is 13.9. The summed E-state index contributed by atoms with van der Waals surface area (Å²) in [5, 5.41) is 4.00. The highest BCUT2D eigenvalue weighted by molar-refractivity contribution is 9.10. The van der Waals surface area contributed by atoms with Gasteiger partial charge in [-0.25, -0.2) is 0 Å². The van der Waals surface area contributed by atoms with Crippen molar-refractivity contribution in [2.75, 3.05) is 12.3 Å². The van der Waals surface area contributed by atoms with Gasteiger partial charge >= 0.3 is 0 Å². The molecule has 1 aliphatic rings. The number of fused-ring (bicyclic) bond motifs is 1. The Kier molecular flexibility index (Phi) is 3.98. The first-order valence-corrected chi connectivity index (χ1v) is 8.52. The van der Waals surface area contributed by atoms with Crippen molar-refractivity contribution < 1.29 is 4.79 Å². The third-order valence-corrected chi connectivity index (χ3v) is 5.58. The molecule has 2 aromatic rings. The predicted octanol–water partition coefficient (Wildman–Crippen LogP) is 4.17. The van der Waals surface area contributed by atoms with Gasteiger partial charge in [0.1, 0.15) is 4.88 Å². The van der Waals surface area contributed by atoms with Crippen LogP contribution < -0.4 is 11.1 Å². The zero-order valence-electron chi connectivity index (χ0n) is 11.1. The summed E-state index contributed by atoms with van der Waals surface area (Å²) >= 11 is 4.91. The van der Waals surface area contributed by atoms with Crippen LogP contribution >= 0.6 is 27.3 Å². The number of carbonyl (C=O) groups excluding carboxylic acids is 1. The lowest BCUT2D eigenvalue weighted by atomic mass is 10.1. The lowest BCUT2D eigenvalue weighted by Crippen LogP contribution is -2.28. The largest absolute Gasteiger partial charge is 0.397 e. The van der Waals surface area contributed by atoms with Gasteiger partial charge in [-0.05, 0) is 30.9 Å². The van der Waals surface area contributed by atoms with Crippen molar-refractivity contribution in [1.82, 2.24) is 5.32 Å². The molecule has 3 nitrogen and oxygen atoms in total. The Labute approximate surface area is 130 Å². The number of nitrogens with two attached hydrogens (primary N) is 1. The maximum absolute atomic E-state index is 12.3. The third kappa shape index (κ3) is 2.69. The smallest absolute Gasteiger partial charge is 0.263 e. The summed E-state index contributed by atoms with van der Waals surface area (Å²) in [7, 11) is 0. The van der Waals surface area contributed by atoms with E-state index in [2.05, 4.69) is 21.2 Å². The van der Waals surface area contributed by atoms with Crippen LogP contribution in [0.5, 0.6) is 0 Å². The molecule has 1 saturated carbocycles. The number of hydrogen-bond donors (Lipinski definition) is 2. The second-order valence-corrected chi connectivity index (χ2v) is 7.31. The van der Waals surface area contributed by atoms with E-state index in [-0.39, 0.29) is 5.91 Å². The van der Waals surface area contributed by atoms with Crippen LogP contribution in [0.2, 0.25) is 0 Å². The van der Waals surface area contributed by atoms with E-state index in [1.807, 2.05) is 18.2 Å². The average Bonchev–Trinajstić information content (AvgIpc) is 3.04. The Balaban J connectivity index is 1.78. The Bertz CT molecular complexity index is 647. The maximum Gasteiger partial charge on any atom is 0.263 e. The van der Waals surface area contributed by atoms with Crippen LogP contribution in [0, 0.1) is 5.92 Å². The first-order valence-electron chi connectivity index (χ1n) is 6.91. The van der Waals surface area contributed by atoms with Gasteiger partial charge in [0.2, 0.25) is 0 Å². The lowest BCUT2D eigenvalue weighted by molar-refractivity contribution is 0.0952. The minimum Gasteiger partial charge on any atom is -0.397 e. The molecule has 20 heavy (non-hydrogen) atoms. The molecule has 0 bridgehead atoms. The molecule has 1 aromatic heterocycles. The van der Waals surface area contributed by atoms with E-state index in [4.69, 9.17) is 5.73 Å². The molecule has 106 valence electrons. The molecule has 1 aliphatic carbocycles. The molecular weight excluding hydrogens is 336 g/mol. The van der Waals surface area contributed by atoms with E-state index in [1.54, 1.807) is 0 Å². The molecule has 3 N–H and O–H groups in total. The van der Waals surface area contributed by atoms with E-state index in [0.29, 0.717) is 16.5 Å². The van der Waals surface area contributed by atoms with Crippen molar-refractivity contribution in [3.63, 3.8) is 0 Å². The minimum atomic E-state index is -0.0354. The second kappa shape index (κ2) is 5.74. The normalized spacial score (nSPS) is 15.8. The second-order valence-electron chi connectivity index (χ2n) is 5.35. The molecule has 0 aliphatic heterocycles. The zero-order valence-corrected chi connectivity index (χ0v) is 13.5. The number of benzene rings is 1. The van der Waals surface area contributed by atoms with Gasteiger partial charge in [-0.3, -0.25) is 4.79 Å². The SMILES string of the molecule is Nc1c(C(=O)NCC2CCCC2)sc2cc(Br)ccc12. The van der Waals surface area contributed by atoms with Crippen molar-refractivity contribution in [2.45, 2.75) is 25.7 Å². The summed E-state index contributed by atoms with van der Waals surface area (Å²) < 4.78 is 2.05. The van der Waals surface area contributed by atoms with E-state index in [1.165, 1.54) is 37.0 Å². The monoisotopic (exact) mass is 352 g/mol. The van der Waals surface area contributed by atoms with E-state index < -0.39 is 0 Å². The molecule has 1 aromatic carbocycles. The highest BCUT2D eigenvalue weighted by Gasteiger charge is 2.19. The fourth-order valence-electron chi connectivity index (χ4n) is 2.79. The Morgan fingerprint density at radius 2 is 2.15 bits per heavy atom. The number of hydrogen-bond acceptors (Lipinski definition) is 3. The topological polar surface area (TPSA) is 55.1 Å². The summed E-state index contributed by atoms with van der Waals surface area (Å²) in [5.74, 6) is 0.607. The van der Waals surface area contributed by atoms with Crippen LogP contribution in [0.4, 0.5) is 5.69 Å². The summed E-state index contributed by atoms with van der Waals surface area (Å²) in [5.41, 5.74) is 6.71. The molecule has 0 unspecified atom stereocenters. The number of rotatable bonds is 3. The highest BCUT2D eigenvalue weighted by Crippen LogP contribution is 2.35. The molecule has 0 atom stereocenters. The number of nitrogen functional groups attached to an aromatic ring is 1. The predicted molar refractivity (Wildman–Crippen MR) is 88.2 cm³/mol. The quantitative estimate of drug-likeness (QED) is 0.870. The van der Waals surface area contributed by atoms with Gasteiger partial charge in [-0.15, -0.1) is 11.3 Å². The molecule has 1 fully saturated rings. The minimum absolute atomic E-state index is 0.0354. The molecule has 5 heteroatoms. The average molecular weight is 353 g/mol. The van der Waals surface area contributed by atoms with Gasteiger partial charge < -0.3 is 11.1 Å². The molecule has 0 spiro atoms. The molecule has 0 radical (unpaired) electrons. The molecule has 1 heterocycles. The molecule has 0 saturated heterocycles. The van der Waals surface area contributed by atoms with Crippen molar-refractivity contribution in [1.29, 1.82) is 0 Å². The number of nitrogens with one attached hydrogen (secondary N) is 1. The Hall–Kier alpha value is -1.07. The van der Waals surface area contributed by atoms with Gasteiger partial charge in [-0.1, -0.05) is 34.8 Å². The van der Waals surface area contributed by atoms with Crippen molar-refractivity contribution in [3.8, 4) is 0 Å². The number of amides is 1. The molecule has 3 rings (SSSR count). The van der Waals surface area contributed by atoms with Crippen LogP contribution in [0.25, 0.3) is 10.1 Å².